The topological polar surface area (TPSA) is 64.6 Å². The average molecular weight is 755 g/mol. The van der Waals surface area contributed by atoms with Gasteiger partial charge in [0.25, 0.3) is 0 Å². The highest BCUT2D eigenvalue weighted by Gasteiger charge is 2.24. The number of hydrogen-bond donors (Lipinski definition) is 0. The number of hydrogen-bond acceptors (Lipinski definition) is 7. The van der Waals surface area contributed by atoms with Gasteiger partial charge in [0, 0.05) is 12.8 Å². The van der Waals surface area contributed by atoms with Crippen molar-refractivity contribution < 1.29 is 33.2 Å². The molecule has 0 amide bonds. The van der Waals surface area contributed by atoms with E-state index in [2.05, 4.69) is 55.4 Å². The monoisotopic (exact) mass is 755 g/mol. The lowest BCUT2D eigenvalue weighted by Crippen LogP contribution is -2.25. The minimum Gasteiger partial charge on any atom is -0.494 e. The molecule has 0 fully saturated rings. The van der Waals surface area contributed by atoms with Gasteiger partial charge in [-0.1, -0.05) is 158 Å². The lowest BCUT2D eigenvalue weighted by atomic mass is 10.1. The van der Waals surface area contributed by atoms with Crippen LogP contribution >= 0.6 is 0 Å². The van der Waals surface area contributed by atoms with Crippen LogP contribution in [0.5, 0.6) is 0 Å². The van der Waals surface area contributed by atoms with Crippen molar-refractivity contribution in [3.05, 3.63) is 23.0 Å². The molecule has 0 bridgehead atoms. The van der Waals surface area contributed by atoms with E-state index in [0.717, 1.165) is 100 Å². The molecule has 0 saturated carbocycles. The molecule has 0 aliphatic heterocycles. The van der Waals surface area contributed by atoms with Crippen LogP contribution in [0.25, 0.3) is 0 Å². The summed E-state index contributed by atoms with van der Waals surface area (Å²) in [5.41, 5.74) is 0. The Morgan fingerprint density at radius 3 is 0.981 bits per heavy atom. The second-order valence-electron chi connectivity index (χ2n) is 14.7. The third kappa shape index (κ3) is 28.6. The van der Waals surface area contributed by atoms with Gasteiger partial charge in [-0.3, -0.25) is 0 Å². The van der Waals surface area contributed by atoms with E-state index in [1.165, 1.54) is 89.9 Å². The Balaban J connectivity index is 5.64. The molecule has 0 aromatic carbocycles. The zero-order valence-electron chi connectivity index (χ0n) is 36.6. The first-order chi connectivity index (χ1) is 26.1. The van der Waals surface area contributed by atoms with E-state index in [1.54, 1.807) is 0 Å². The van der Waals surface area contributed by atoms with E-state index in [0.29, 0.717) is 26.4 Å². The lowest BCUT2D eigenvalue weighted by Gasteiger charge is -2.26. The van der Waals surface area contributed by atoms with Crippen LogP contribution in [-0.4, -0.2) is 52.2 Å². The van der Waals surface area contributed by atoms with E-state index < -0.39 is 0 Å². The smallest absolute Gasteiger partial charge is 0.162 e. The Morgan fingerprint density at radius 1 is 0.340 bits per heavy atom. The minimum absolute atomic E-state index is 0.119. The fraction of sp³-hybridized carbons (Fsp3) is 0.913. The van der Waals surface area contributed by atoms with Gasteiger partial charge in [-0.05, 0) is 51.4 Å². The van der Waals surface area contributed by atoms with Gasteiger partial charge in [-0.2, -0.15) is 0 Å². The highest BCUT2D eigenvalue weighted by Crippen LogP contribution is 2.27. The fourth-order valence-electron chi connectivity index (χ4n) is 6.35. The van der Waals surface area contributed by atoms with Crippen molar-refractivity contribution in [1.82, 2.24) is 0 Å². The maximum atomic E-state index is 6.43. The van der Waals surface area contributed by atoms with Gasteiger partial charge < -0.3 is 33.2 Å². The largest absolute Gasteiger partial charge is 0.494 e. The van der Waals surface area contributed by atoms with Crippen LogP contribution in [-0.2, 0) is 33.2 Å². The van der Waals surface area contributed by atoms with Crippen LogP contribution in [0.1, 0.15) is 222 Å². The molecule has 0 heterocycles. The fourth-order valence-corrected chi connectivity index (χ4v) is 6.35. The Hall–Kier alpha value is -1.44. The zero-order chi connectivity index (χ0) is 39.0. The SMILES string of the molecule is CCCCCCCCCCC(OCCC)=C(OCCC)C(CCC)OCOCOC(CCC)C(OCCC)=C(CCCCCCCCCC)OCCC. The Morgan fingerprint density at radius 2 is 0.660 bits per heavy atom. The molecule has 0 rings (SSSR count). The van der Waals surface area contributed by atoms with Crippen molar-refractivity contribution in [3.8, 4) is 0 Å². The van der Waals surface area contributed by atoms with Crippen molar-refractivity contribution in [2.24, 2.45) is 0 Å². The van der Waals surface area contributed by atoms with Crippen LogP contribution in [0.2, 0.25) is 0 Å². The first-order valence-electron chi connectivity index (χ1n) is 22.9. The van der Waals surface area contributed by atoms with Crippen molar-refractivity contribution >= 4 is 0 Å². The third-order valence-electron chi connectivity index (χ3n) is 9.34. The molecule has 316 valence electrons. The summed E-state index contributed by atoms with van der Waals surface area (Å²) in [6, 6.07) is 0. The Kier molecular flexibility index (Phi) is 39.1. The van der Waals surface area contributed by atoms with E-state index in [9.17, 15) is 0 Å². The molecule has 0 spiro atoms. The first kappa shape index (κ1) is 51.6. The molecule has 0 saturated heterocycles. The summed E-state index contributed by atoms with van der Waals surface area (Å²) < 4.78 is 44.5. The lowest BCUT2D eigenvalue weighted by molar-refractivity contribution is -0.167. The van der Waals surface area contributed by atoms with E-state index in [-0.39, 0.29) is 25.8 Å². The normalized spacial score (nSPS) is 13.7. The molecular weight excluding hydrogens is 664 g/mol. The van der Waals surface area contributed by atoms with E-state index in [4.69, 9.17) is 33.2 Å². The predicted octanol–water partition coefficient (Wildman–Crippen LogP) is 14.5. The van der Waals surface area contributed by atoms with Crippen molar-refractivity contribution in [2.45, 2.75) is 235 Å². The minimum atomic E-state index is -0.220. The van der Waals surface area contributed by atoms with Crippen molar-refractivity contribution in [2.75, 3.05) is 40.0 Å². The summed E-state index contributed by atoms with van der Waals surface area (Å²) >= 11 is 0. The van der Waals surface area contributed by atoms with Crippen LogP contribution in [0.15, 0.2) is 23.0 Å². The second kappa shape index (κ2) is 40.2. The quantitative estimate of drug-likeness (QED) is 0.0349. The summed E-state index contributed by atoms with van der Waals surface area (Å²) in [6.07, 6.45) is 29.3. The molecule has 0 aliphatic carbocycles. The summed E-state index contributed by atoms with van der Waals surface area (Å²) in [4.78, 5) is 0. The number of rotatable bonds is 42. The summed E-state index contributed by atoms with van der Waals surface area (Å²) in [7, 11) is 0. The predicted molar refractivity (Wildman–Crippen MR) is 224 cm³/mol. The van der Waals surface area contributed by atoms with Crippen LogP contribution in [0.4, 0.5) is 0 Å². The molecule has 0 aliphatic rings. The number of ether oxygens (including phenoxy) is 7. The maximum absolute atomic E-state index is 6.43. The molecule has 0 aromatic rings. The van der Waals surface area contributed by atoms with Crippen molar-refractivity contribution in [1.29, 1.82) is 0 Å². The standard InChI is InChI=1S/C46H90O7/c1-9-17-19-21-23-25-27-29-33-43(48-35-13-5)45(50-37-15-7)41(31-11-3)52-39-47-40-53-42(32-12-4)46(51-38-16-8)44(49-36-14-6)34-30-28-26-24-22-20-18-10-2/h41-42H,9-40H2,1-8H3. The molecule has 2 atom stereocenters. The molecule has 0 radical (unpaired) electrons. The van der Waals surface area contributed by atoms with Gasteiger partial charge in [0.2, 0.25) is 0 Å². The molecule has 7 heteroatoms. The summed E-state index contributed by atoms with van der Waals surface area (Å²) in [6.45, 7) is 20.4. The van der Waals surface area contributed by atoms with Crippen LogP contribution in [0, 0.1) is 0 Å². The Labute approximate surface area is 330 Å². The molecule has 2 unspecified atom stereocenters. The van der Waals surface area contributed by atoms with E-state index >= 15 is 0 Å². The number of allylic oxidation sites excluding steroid dienone is 2. The molecule has 0 aromatic heterocycles. The summed E-state index contributed by atoms with van der Waals surface area (Å²) in [5.74, 6) is 3.64. The maximum Gasteiger partial charge on any atom is 0.162 e. The van der Waals surface area contributed by atoms with Gasteiger partial charge in [-0.15, -0.1) is 0 Å². The molecule has 0 N–H and O–H groups in total. The van der Waals surface area contributed by atoms with Gasteiger partial charge in [0.1, 0.15) is 23.7 Å². The Bertz CT molecular complexity index is 761. The second-order valence-corrected chi connectivity index (χ2v) is 14.7. The average Bonchev–Trinajstić information content (AvgIpc) is 3.16. The highest BCUT2D eigenvalue weighted by atomic mass is 16.7. The van der Waals surface area contributed by atoms with Gasteiger partial charge in [0.15, 0.2) is 25.1 Å². The molecular formula is C46H90O7. The van der Waals surface area contributed by atoms with Gasteiger partial charge in [0.05, 0.1) is 26.4 Å². The van der Waals surface area contributed by atoms with Crippen LogP contribution < -0.4 is 0 Å². The van der Waals surface area contributed by atoms with Crippen LogP contribution in [0.3, 0.4) is 0 Å². The first-order valence-corrected chi connectivity index (χ1v) is 22.9. The van der Waals surface area contributed by atoms with Crippen molar-refractivity contribution in [3.63, 3.8) is 0 Å². The zero-order valence-corrected chi connectivity index (χ0v) is 36.6. The van der Waals surface area contributed by atoms with Gasteiger partial charge >= 0.3 is 0 Å². The third-order valence-corrected chi connectivity index (χ3v) is 9.34. The summed E-state index contributed by atoms with van der Waals surface area (Å²) in [5, 5.41) is 0. The van der Waals surface area contributed by atoms with E-state index in [1.807, 2.05) is 0 Å². The highest BCUT2D eigenvalue weighted by molar-refractivity contribution is 5.09. The molecule has 53 heavy (non-hydrogen) atoms. The molecule has 7 nitrogen and oxygen atoms in total. The van der Waals surface area contributed by atoms with Gasteiger partial charge in [-0.25, -0.2) is 0 Å². The number of unbranched alkanes of at least 4 members (excludes halogenated alkanes) is 14.